The molecule has 0 aliphatic carbocycles. The SMILES string of the molecule is C=C(C)C(=O)OCCCS(=O)(=O)OCCO. The molecule has 7 heteroatoms. The molecule has 0 saturated heterocycles. The quantitative estimate of drug-likeness (QED) is 0.279. The van der Waals surface area contributed by atoms with Gasteiger partial charge >= 0.3 is 5.97 Å². The number of hydrogen-bond acceptors (Lipinski definition) is 6. The van der Waals surface area contributed by atoms with Crippen molar-refractivity contribution in [3.05, 3.63) is 12.2 Å². The summed E-state index contributed by atoms with van der Waals surface area (Å²) in [7, 11) is -3.64. The molecule has 0 atom stereocenters. The number of ether oxygens (including phenoxy) is 1. The zero-order chi connectivity index (χ0) is 12.6. The number of carbonyl (C=O) groups excluding carboxylic acids is 1. The van der Waals surface area contributed by atoms with Crippen LogP contribution in [-0.2, 0) is 23.8 Å². The molecular weight excluding hydrogens is 236 g/mol. The van der Waals surface area contributed by atoms with Crippen LogP contribution < -0.4 is 0 Å². The highest BCUT2D eigenvalue weighted by Gasteiger charge is 2.11. The lowest BCUT2D eigenvalue weighted by Crippen LogP contribution is -2.15. The minimum absolute atomic E-state index is 0.00654. The molecule has 0 rings (SSSR count). The third-order valence-electron chi connectivity index (χ3n) is 1.47. The lowest BCUT2D eigenvalue weighted by molar-refractivity contribution is -0.138. The predicted molar refractivity (Wildman–Crippen MR) is 57.2 cm³/mol. The molecule has 16 heavy (non-hydrogen) atoms. The molecule has 0 aromatic heterocycles. The van der Waals surface area contributed by atoms with E-state index in [1.165, 1.54) is 6.92 Å². The van der Waals surface area contributed by atoms with Crippen LogP contribution in [0.2, 0.25) is 0 Å². The minimum atomic E-state index is -3.64. The molecule has 6 nitrogen and oxygen atoms in total. The second-order valence-corrected chi connectivity index (χ2v) is 4.84. The molecule has 0 heterocycles. The second-order valence-electron chi connectivity index (χ2n) is 3.08. The van der Waals surface area contributed by atoms with Gasteiger partial charge in [-0.2, -0.15) is 8.42 Å². The van der Waals surface area contributed by atoms with Gasteiger partial charge in [0, 0.05) is 5.57 Å². The molecule has 0 aromatic carbocycles. The predicted octanol–water partition coefficient (Wildman–Crippen LogP) is -0.165. The summed E-state index contributed by atoms with van der Waals surface area (Å²) in [6.07, 6.45) is 0.146. The Morgan fingerprint density at radius 3 is 2.50 bits per heavy atom. The molecule has 0 aliphatic heterocycles. The molecule has 0 unspecified atom stereocenters. The van der Waals surface area contributed by atoms with Crippen LogP contribution in [0.5, 0.6) is 0 Å². The number of esters is 1. The van der Waals surface area contributed by atoms with Gasteiger partial charge in [-0.15, -0.1) is 0 Å². The van der Waals surface area contributed by atoms with Gasteiger partial charge in [-0.1, -0.05) is 6.58 Å². The molecule has 0 radical (unpaired) electrons. The van der Waals surface area contributed by atoms with Crippen molar-refractivity contribution in [3.8, 4) is 0 Å². The van der Waals surface area contributed by atoms with E-state index in [1.54, 1.807) is 0 Å². The van der Waals surface area contributed by atoms with Crippen LogP contribution in [0.3, 0.4) is 0 Å². The van der Waals surface area contributed by atoms with E-state index in [1.807, 2.05) is 0 Å². The summed E-state index contributed by atoms with van der Waals surface area (Å²) >= 11 is 0. The maximum Gasteiger partial charge on any atom is 0.333 e. The lowest BCUT2D eigenvalue weighted by Gasteiger charge is -2.05. The van der Waals surface area contributed by atoms with Crippen molar-refractivity contribution in [2.75, 3.05) is 25.6 Å². The molecule has 0 aromatic rings. The maximum absolute atomic E-state index is 11.1. The Hall–Kier alpha value is -0.920. The third kappa shape index (κ3) is 7.38. The van der Waals surface area contributed by atoms with Crippen LogP contribution in [0.4, 0.5) is 0 Å². The van der Waals surface area contributed by atoms with Crippen LogP contribution in [0, 0.1) is 0 Å². The fourth-order valence-electron chi connectivity index (χ4n) is 0.747. The van der Waals surface area contributed by atoms with Gasteiger partial charge < -0.3 is 9.84 Å². The summed E-state index contributed by atoms with van der Waals surface area (Å²) in [4.78, 5) is 10.9. The number of rotatable bonds is 8. The van der Waals surface area contributed by atoms with Crippen LogP contribution in [0.25, 0.3) is 0 Å². The summed E-state index contributed by atoms with van der Waals surface area (Å²) in [5.41, 5.74) is 0.263. The van der Waals surface area contributed by atoms with Crippen molar-refractivity contribution < 1.29 is 27.2 Å². The van der Waals surface area contributed by atoms with Gasteiger partial charge in [-0.05, 0) is 13.3 Å². The van der Waals surface area contributed by atoms with E-state index in [0.717, 1.165) is 0 Å². The fraction of sp³-hybridized carbons (Fsp3) is 0.667. The third-order valence-corrected chi connectivity index (χ3v) is 2.79. The molecular formula is C9H16O6S. The van der Waals surface area contributed by atoms with E-state index in [-0.39, 0.29) is 37.6 Å². The van der Waals surface area contributed by atoms with Crippen LogP contribution in [0.1, 0.15) is 13.3 Å². The second kappa shape index (κ2) is 7.37. The number of aliphatic hydroxyl groups excluding tert-OH is 1. The summed E-state index contributed by atoms with van der Waals surface area (Å²) in [5.74, 6) is -0.801. The molecule has 1 N–H and O–H groups in total. The smallest absolute Gasteiger partial charge is 0.333 e. The molecule has 0 aliphatic rings. The van der Waals surface area contributed by atoms with E-state index in [9.17, 15) is 13.2 Å². The van der Waals surface area contributed by atoms with Crippen molar-refractivity contribution >= 4 is 16.1 Å². The molecule has 0 saturated carbocycles. The molecule has 0 amide bonds. The Morgan fingerprint density at radius 1 is 1.38 bits per heavy atom. The Kier molecular flexibility index (Phi) is 6.95. The summed E-state index contributed by atoms with van der Waals surface area (Å²) in [5, 5.41) is 8.37. The van der Waals surface area contributed by atoms with Crippen LogP contribution in [0.15, 0.2) is 12.2 Å². The lowest BCUT2D eigenvalue weighted by atomic mass is 10.4. The minimum Gasteiger partial charge on any atom is -0.462 e. The van der Waals surface area contributed by atoms with E-state index in [2.05, 4.69) is 10.8 Å². The number of carbonyl (C=O) groups is 1. The van der Waals surface area contributed by atoms with Crippen molar-refractivity contribution in [1.82, 2.24) is 0 Å². The standard InChI is InChI=1S/C9H16O6S/c1-8(2)9(11)14-5-3-7-16(12,13)15-6-4-10/h10H,1,3-7H2,2H3. The highest BCUT2D eigenvalue weighted by Crippen LogP contribution is 1.98. The van der Waals surface area contributed by atoms with Gasteiger partial charge in [-0.3, -0.25) is 4.18 Å². The van der Waals surface area contributed by atoms with Gasteiger partial charge in [-0.25, -0.2) is 4.79 Å². The summed E-state index contributed by atoms with van der Waals surface area (Å²) < 4.78 is 31.2. The number of aliphatic hydroxyl groups is 1. The first kappa shape index (κ1) is 15.1. The zero-order valence-electron chi connectivity index (χ0n) is 9.14. The Morgan fingerprint density at radius 2 is 2.00 bits per heavy atom. The molecule has 94 valence electrons. The van der Waals surface area contributed by atoms with E-state index in [4.69, 9.17) is 9.84 Å². The largest absolute Gasteiger partial charge is 0.462 e. The Bertz CT molecular complexity index is 332. The van der Waals surface area contributed by atoms with Crippen LogP contribution in [-0.4, -0.2) is 45.1 Å². The average Bonchev–Trinajstić information content (AvgIpc) is 2.21. The normalized spacial score (nSPS) is 11.1. The van der Waals surface area contributed by atoms with E-state index in [0.29, 0.717) is 0 Å². The van der Waals surface area contributed by atoms with Gasteiger partial charge in [0.25, 0.3) is 10.1 Å². The van der Waals surface area contributed by atoms with Gasteiger partial charge in [0.2, 0.25) is 0 Å². The molecule has 0 spiro atoms. The summed E-state index contributed by atoms with van der Waals surface area (Å²) in [6, 6.07) is 0. The first-order chi connectivity index (χ1) is 7.39. The van der Waals surface area contributed by atoms with Gasteiger partial charge in [0.15, 0.2) is 0 Å². The average molecular weight is 252 g/mol. The first-order valence-electron chi connectivity index (χ1n) is 4.69. The highest BCUT2D eigenvalue weighted by molar-refractivity contribution is 7.86. The maximum atomic E-state index is 11.1. The number of hydrogen-bond donors (Lipinski definition) is 1. The van der Waals surface area contributed by atoms with E-state index < -0.39 is 16.1 Å². The van der Waals surface area contributed by atoms with E-state index >= 15 is 0 Å². The highest BCUT2D eigenvalue weighted by atomic mass is 32.2. The summed E-state index contributed by atoms with van der Waals surface area (Å²) in [6.45, 7) is 4.26. The fourth-order valence-corrected chi connectivity index (χ4v) is 1.66. The monoisotopic (exact) mass is 252 g/mol. The van der Waals surface area contributed by atoms with Crippen molar-refractivity contribution in [3.63, 3.8) is 0 Å². The van der Waals surface area contributed by atoms with Crippen LogP contribution >= 0.6 is 0 Å². The van der Waals surface area contributed by atoms with Crippen molar-refractivity contribution in [2.24, 2.45) is 0 Å². The Balaban J connectivity index is 3.74. The van der Waals surface area contributed by atoms with Crippen molar-refractivity contribution in [1.29, 1.82) is 0 Å². The molecule has 0 fully saturated rings. The first-order valence-corrected chi connectivity index (χ1v) is 6.27. The Labute approximate surface area is 95.0 Å². The van der Waals surface area contributed by atoms with Crippen molar-refractivity contribution in [2.45, 2.75) is 13.3 Å². The molecule has 0 bridgehead atoms. The van der Waals surface area contributed by atoms with Gasteiger partial charge in [0.05, 0.1) is 25.6 Å². The topological polar surface area (TPSA) is 89.9 Å². The zero-order valence-corrected chi connectivity index (χ0v) is 9.96. The van der Waals surface area contributed by atoms with Gasteiger partial charge in [0.1, 0.15) is 0 Å².